The summed E-state index contributed by atoms with van der Waals surface area (Å²) < 4.78 is 7.63. The molecule has 1 aromatic carbocycles. The minimum atomic E-state index is -1.02. The number of thioether (sulfide) groups is 1. The van der Waals surface area contributed by atoms with E-state index in [1.54, 1.807) is 17.8 Å². The van der Waals surface area contributed by atoms with E-state index in [4.69, 9.17) is 9.84 Å². The van der Waals surface area contributed by atoms with Crippen LogP contribution in [-0.4, -0.2) is 38.5 Å². The minimum absolute atomic E-state index is 0.0486. The number of nitrogens with zero attached hydrogens (tertiary/aromatic N) is 2. The summed E-state index contributed by atoms with van der Waals surface area (Å²) >= 11 is 1.93. The number of aryl methyl sites for hydroxylation is 1. The quantitative estimate of drug-likeness (QED) is 0.938. The van der Waals surface area contributed by atoms with Gasteiger partial charge in [0.25, 0.3) is 0 Å². The van der Waals surface area contributed by atoms with E-state index in [1.807, 2.05) is 36.0 Å². The lowest BCUT2D eigenvalue weighted by molar-refractivity contribution is 0.0689. The third kappa shape index (κ3) is 3.27. The summed E-state index contributed by atoms with van der Waals surface area (Å²) in [6.07, 6.45) is 2.54. The molecule has 2 aromatic rings. The molecule has 1 aromatic heterocycles. The van der Waals surface area contributed by atoms with E-state index >= 15 is 0 Å². The Hall–Kier alpha value is -1.95. The van der Waals surface area contributed by atoms with Gasteiger partial charge in [0.2, 0.25) is 0 Å². The molecule has 1 aliphatic rings. The lowest BCUT2D eigenvalue weighted by Crippen LogP contribution is -2.23. The second-order valence-corrected chi connectivity index (χ2v) is 6.48. The smallest absolute Gasteiger partial charge is 0.356 e. The summed E-state index contributed by atoms with van der Waals surface area (Å²) in [7, 11) is 1.74. The molecule has 1 saturated heterocycles. The van der Waals surface area contributed by atoms with Crippen molar-refractivity contribution in [3.05, 3.63) is 36.0 Å². The largest absolute Gasteiger partial charge is 0.490 e. The van der Waals surface area contributed by atoms with Crippen LogP contribution in [0.1, 0.15) is 23.3 Å². The number of carboxylic acid groups (broad SMARTS) is 1. The molecule has 1 atom stereocenters. The van der Waals surface area contributed by atoms with Gasteiger partial charge in [0.05, 0.1) is 5.69 Å². The zero-order valence-corrected chi connectivity index (χ0v) is 13.2. The van der Waals surface area contributed by atoms with Gasteiger partial charge in [-0.15, -0.1) is 0 Å². The van der Waals surface area contributed by atoms with Gasteiger partial charge in [0, 0.05) is 18.4 Å². The molecule has 6 heteroatoms. The number of carboxylic acids is 1. The highest BCUT2D eigenvalue weighted by molar-refractivity contribution is 7.99. The lowest BCUT2D eigenvalue weighted by Gasteiger charge is -2.22. The van der Waals surface area contributed by atoms with Crippen molar-refractivity contribution in [3.63, 3.8) is 0 Å². The zero-order chi connectivity index (χ0) is 15.5. The van der Waals surface area contributed by atoms with Crippen LogP contribution in [0, 0.1) is 0 Å². The standard InChI is InChI=1S/C16H18N2O3S/c1-18-15(9-14(17-18)16(19)20)11-4-2-5-12(8-11)21-13-6-3-7-22-10-13/h2,4-5,8-9,13H,3,6-7,10H2,1H3,(H,19,20). The van der Waals surface area contributed by atoms with Gasteiger partial charge in [-0.3, -0.25) is 4.68 Å². The van der Waals surface area contributed by atoms with E-state index < -0.39 is 5.97 Å². The maximum Gasteiger partial charge on any atom is 0.356 e. The highest BCUT2D eigenvalue weighted by Gasteiger charge is 2.16. The van der Waals surface area contributed by atoms with E-state index in [0.29, 0.717) is 0 Å². The van der Waals surface area contributed by atoms with E-state index in [0.717, 1.165) is 29.2 Å². The summed E-state index contributed by atoms with van der Waals surface area (Å²) in [6.45, 7) is 0. The number of carbonyl (C=O) groups is 1. The molecule has 0 radical (unpaired) electrons. The van der Waals surface area contributed by atoms with Crippen LogP contribution >= 0.6 is 11.8 Å². The number of ether oxygens (including phenoxy) is 1. The van der Waals surface area contributed by atoms with Crippen LogP contribution in [0.4, 0.5) is 0 Å². The Labute approximate surface area is 133 Å². The van der Waals surface area contributed by atoms with Gasteiger partial charge in [-0.1, -0.05) is 12.1 Å². The Morgan fingerprint density at radius 2 is 2.32 bits per heavy atom. The molecule has 0 amide bonds. The first-order valence-electron chi connectivity index (χ1n) is 7.25. The lowest BCUT2D eigenvalue weighted by atomic mass is 10.1. The number of hydrogen-bond acceptors (Lipinski definition) is 4. The predicted molar refractivity (Wildman–Crippen MR) is 86.6 cm³/mol. The first-order chi connectivity index (χ1) is 10.6. The van der Waals surface area contributed by atoms with Crippen molar-refractivity contribution in [1.82, 2.24) is 9.78 Å². The second kappa shape index (κ2) is 6.44. The third-order valence-electron chi connectivity index (χ3n) is 3.65. The van der Waals surface area contributed by atoms with Crippen LogP contribution in [0.15, 0.2) is 30.3 Å². The Morgan fingerprint density at radius 1 is 1.45 bits per heavy atom. The molecule has 0 spiro atoms. The van der Waals surface area contributed by atoms with E-state index in [9.17, 15) is 4.79 Å². The van der Waals surface area contributed by atoms with Gasteiger partial charge in [-0.2, -0.15) is 16.9 Å². The van der Waals surface area contributed by atoms with Gasteiger partial charge in [-0.05, 0) is 36.8 Å². The molecule has 5 nitrogen and oxygen atoms in total. The molecular formula is C16H18N2O3S. The number of hydrogen-bond donors (Lipinski definition) is 1. The highest BCUT2D eigenvalue weighted by Crippen LogP contribution is 2.27. The van der Waals surface area contributed by atoms with Crippen molar-refractivity contribution < 1.29 is 14.6 Å². The first-order valence-corrected chi connectivity index (χ1v) is 8.41. The van der Waals surface area contributed by atoms with Crippen molar-refractivity contribution in [1.29, 1.82) is 0 Å². The van der Waals surface area contributed by atoms with Gasteiger partial charge < -0.3 is 9.84 Å². The van der Waals surface area contributed by atoms with Crippen molar-refractivity contribution in [2.24, 2.45) is 7.05 Å². The first kappa shape index (κ1) is 15.0. The van der Waals surface area contributed by atoms with Crippen LogP contribution in [0.3, 0.4) is 0 Å². The molecule has 1 fully saturated rings. The zero-order valence-electron chi connectivity index (χ0n) is 12.4. The van der Waals surface area contributed by atoms with Crippen LogP contribution in [0.5, 0.6) is 5.75 Å². The second-order valence-electron chi connectivity index (χ2n) is 5.33. The normalized spacial score (nSPS) is 18.1. The van der Waals surface area contributed by atoms with Crippen LogP contribution in [0.2, 0.25) is 0 Å². The molecule has 116 valence electrons. The summed E-state index contributed by atoms with van der Waals surface area (Å²) in [5.41, 5.74) is 1.72. The molecular weight excluding hydrogens is 300 g/mol. The van der Waals surface area contributed by atoms with E-state index in [-0.39, 0.29) is 11.8 Å². The summed E-state index contributed by atoms with van der Waals surface area (Å²) in [5, 5.41) is 13.0. The molecule has 22 heavy (non-hydrogen) atoms. The third-order valence-corrected chi connectivity index (χ3v) is 4.83. The van der Waals surface area contributed by atoms with Crippen molar-refractivity contribution in [2.75, 3.05) is 11.5 Å². The fraction of sp³-hybridized carbons (Fsp3) is 0.375. The number of benzene rings is 1. The number of rotatable bonds is 4. The molecule has 3 rings (SSSR count). The number of aromatic carboxylic acids is 1. The fourth-order valence-corrected chi connectivity index (χ4v) is 3.60. The van der Waals surface area contributed by atoms with Gasteiger partial charge in [0.1, 0.15) is 11.9 Å². The maximum atomic E-state index is 11.0. The Morgan fingerprint density at radius 3 is 3.00 bits per heavy atom. The van der Waals surface area contributed by atoms with Crippen LogP contribution in [0.25, 0.3) is 11.3 Å². The summed E-state index contributed by atoms with van der Waals surface area (Å²) in [5.74, 6) is 2.04. The topological polar surface area (TPSA) is 64.4 Å². The Kier molecular flexibility index (Phi) is 4.38. The maximum absolute atomic E-state index is 11.0. The fourth-order valence-electron chi connectivity index (χ4n) is 2.57. The SMILES string of the molecule is Cn1nc(C(=O)O)cc1-c1cccc(OC2CCCSC2)c1. The van der Waals surface area contributed by atoms with Gasteiger partial charge in [-0.25, -0.2) is 4.79 Å². The summed E-state index contributed by atoms with van der Waals surface area (Å²) in [6, 6.07) is 9.33. The molecule has 0 aliphatic carbocycles. The average Bonchev–Trinajstić information content (AvgIpc) is 2.91. The highest BCUT2D eigenvalue weighted by atomic mass is 32.2. The number of aromatic nitrogens is 2. The van der Waals surface area contributed by atoms with Crippen molar-refractivity contribution >= 4 is 17.7 Å². The van der Waals surface area contributed by atoms with Crippen LogP contribution in [-0.2, 0) is 7.05 Å². The predicted octanol–water partition coefficient (Wildman–Crippen LogP) is 3.06. The van der Waals surface area contributed by atoms with Crippen molar-refractivity contribution in [3.8, 4) is 17.0 Å². The Bertz CT molecular complexity index is 678. The molecule has 2 heterocycles. The molecule has 0 saturated carbocycles. The summed E-state index contributed by atoms with van der Waals surface area (Å²) in [4.78, 5) is 11.0. The average molecular weight is 318 g/mol. The van der Waals surface area contributed by atoms with Crippen molar-refractivity contribution in [2.45, 2.75) is 18.9 Å². The van der Waals surface area contributed by atoms with Gasteiger partial charge >= 0.3 is 5.97 Å². The minimum Gasteiger partial charge on any atom is -0.490 e. The van der Waals surface area contributed by atoms with Crippen LogP contribution < -0.4 is 4.74 Å². The monoisotopic (exact) mass is 318 g/mol. The molecule has 0 bridgehead atoms. The molecule has 1 N–H and O–H groups in total. The van der Waals surface area contributed by atoms with Gasteiger partial charge in [0.15, 0.2) is 5.69 Å². The molecule has 1 aliphatic heterocycles. The van der Waals surface area contributed by atoms with E-state index in [2.05, 4.69) is 5.10 Å². The van der Waals surface area contributed by atoms with E-state index in [1.165, 1.54) is 12.2 Å². The molecule has 1 unspecified atom stereocenters. The Balaban J connectivity index is 1.82.